The van der Waals surface area contributed by atoms with Crippen molar-refractivity contribution in [2.45, 2.75) is 50.7 Å². The van der Waals surface area contributed by atoms with E-state index in [1.54, 1.807) is 6.07 Å². The highest BCUT2D eigenvalue weighted by atomic mass is 19.1. The predicted molar refractivity (Wildman–Crippen MR) is 71.0 cm³/mol. The van der Waals surface area contributed by atoms with Gasteiger partial charge in [0.15, 0.2) is 0 Å². The van der Waals surface area contributed by atoms with Crippen LogP contribution in [0.15, 0.2) is 24.3 Å². The molecule has 2 unspecified atom stereocenters. The van der Waals surface area contributed by atoms with E-state index in [0.717, 1.165) is 19.3 Å². The van der Waals surface area contributed by atoms with Crippen molar-refractivity contribution in [1.82, 2.24) is 0 Å². The van der Waals surface area contributed by atoms with Crippen molar-refractivity contribution in [3.63, 3.8) is 0 Å². The van der Waals surface area contributed by atoms with Crippen LogP contribution in [-0.4, -0.2) is 18.2 Å². The van der Waals surface area contributed by atoms with Gasteiger partial charge >= 0.3 is 0 Å². The number of hydrogen-bond acceptors (Lipinski definition) is 2. The molecule has 1 heterocycles. The molecule has 0 aromatic heterocycles. The van der Waals surface area contributed by atoms with E-state index < -0.39 is 0 Å². The fourth-order valence-electron chi connectivity index (χ4n) is 2.72. The lowest BCUT2D eigenvalue weighted by Crippen LogP contribution is -2.24. The summed E-state index contributed by atoms with van der Waals surface area (Å²) in [5.74, 6) is -0.115. The Hall–Kier alpha value is -0.930. The molecule has 100 valence electrons. The lowest BCUT2D eigenvalue weighted by Gasteiger charge is -2.23. The molecule has 0 aliphatic carbocycles. The Morgan fingerprint density at radius 2 is 2.17 bits per heavy atom. The summed E-state index contributed by atoms with van der Waals surface area (Å²) in [7, 11) is 0. The Morgan fingerprint density at radius 3 is 2.72 bits per heavy atom. The predicted octanol–water partition coefficient (Wildman–Crippen LogP) is 3.22. The summed E-state index contributed by atoms with van der Waals surface area (Å²) in [6, 6.07) is 6.90. The zero-order valence-corrected chi connectivity index (χ0v) is 11.2. The monoisotopic (exact) mass is 251 g/mol. The van der Waals surface area contributed by atoms with Gasteiger partial charge in [-0.1, -0.05) is 18.2 Å². The van der Waals surface area contributed by atoms with Crippen LogP contribution in [0.4, 0.5) is 4.39 Å². The zero-order chi connectivity index (χ0) is 13.2. The Labute approximate surface area is 108 Å². The first kappa shape index (κ1) is 13.5. The van der Waals surface area contributed by atoms with Crippen LogP contribution in [0.3, 0.4) is 0 Å². The molecule has 0 saturated carbocycles. The molecule has 0 radical (unpaired) electrons. The number of ether oxygens (including phenoxy) is 1. The van der Waals surface area contributed by atoms with Crippen molar-refractivity contribution in [3.05, 3.63) is 35.6 Å². The molecule has 2 N–H and O–H groups in total. The molecule has 1 aliphatic heterocycles. The van der Waals surface area contributed by atoms with E-state index in [1.807, 2.05) is 12.1 Å². The fourth-order valence-corrected chi connectivity index (χ4v) is 2.72. The highest BCUT2D eigenvalue weighted by Gasteiger charge is 2.33. The number of nitrogens with two attached hydrogens (primary N) is 1. The maximum atomic E-state index is 13.8. The first-order chi connectivity index (χ1) is 8.52. The zero-order valence-electron chi connectivity index (χ0n) is 11.2. The van der Waals surface area contributed by atoms with E-state index in [-0.39, 0.29) is 23.4 Å². The molecule has 2 rings (SSSR count). The molecule has 0 amide bonds. The summed E-state index contributed by atoms with van der Waals surface area (Å²) in [6.45, 7) is 4.67. The summed E-state index contributed by atoms with van der Waals surface area (Å²) in [4.78, 5) is 0. The normalized spacial score (nSPS) is 24.1. The van der Waals surface area contributed by atoms with Crippen LogP contribution in [-0.2, 0) is 4.74 Å². The molecule has 1 saturated heterocycles. The SMILES string of the molecule is CC1(C)CCC(CC(CN)c2ccccc2F)O1. The van der Waals surface area contributed by atoms with Crippen LogP contribution in [0.5, 0.6) is 0 Å². The van der Waals surface area contributed by atoms with Gasteiger partial charge in [0.25, 0.3) is 0 Å². The third-order valence-electron chi connectivity index (χ3n) is 3.73. The van der Waals surface area contributed by atoms with Crippen molar-refractivity contribution in [1.29, 1.82) is 0 Å². The number of rotatable bonds is 4. The van der Waals surface area contributed by atoms with Crippen LogP contribution in [0, 0.1) is 5.82 Å². The average molecular weight is 251 g/mol. The molecule has 1 aromatic carbocycles. The van der Waals surface area contributed by atoms with Crippen LogP contribution in [0.25, 0.3) is 0 Å². The van der Waals surface area contributed by atoms with Crippen molar-refractivity contribution < 1.29 is 9.13 Å². The van der Waals surface area contributed by atoms with Crippen molar-refractivity contribution in [3.8, 4) is 0 Å². The van der Waals surface area contributed by atoms with Crippen LogP contribution >= 0.6 is 0 Å². The highest BCUT2D eigenvalue weighted by Crippen LogP contribution is 2.35. The minimum atomic E-state index is -0.162. The number of halogens is 1. The third kappa shape index (κ3) is 3.09. The first-order valence-electron chi connectivity index (χ1n) is 6.64. The van der Waals surface area contributed by atoms with Gasteiger partial charge < -0.3 is 10.5 Å². The standard InChI is InChI=1S/C15H22FNO/c1-15(2)8-7-12(18-15)9-11(10-17)13-5-3-4-6-14(13)16/h3-6,11-12H,7-10,17H2,1-2H3. The minimum Gasteiger partial charge on any atom is -0.372 e. The third-order valence-corrected chi connectivity index (χ3v) is 3.73. The largest absolute Gasteiger partial charge is 0.372 e. The van der Waals surface area contributed by atoms with Gasteiger partial charge in [-0.25, -0.2) is 4.39 Å². The maximum Gasteiger partial charge on any atom is 0.126 e. The van der Waals surface area contributed by atoms with E-state index in [1.165, 1.54) is 6.07 Å². The van der Waals surface area contributed by atoms with Crippen molar-refractivity contribution in [2.24, 2.45) is 5.73 Å². The van der Waals surface area contributed by atoms with Gasteiger partial charge in [0, 0.05) is 5.92 Å². The average Bonchev–Trinajstić information content (AvgIpc) is 2.67. The Morgan fingerprint density at radius 1 is 1.44 bits per heavy atom. The van der Waals surface area contributed by atoms with Gasteiger partial charge in [-0.15, -0.1) is 0 Å². The second kappa shape index (κ2) is 5.37. The number of hydrogen-bond donors (Lipinski definition) is 1. The minimum absolute atomic E-state index is 0.0426. The summed E-state index contributed by atoms with van der Waals surface area (Å²) in [5.41, 5.74) is 6.47. The van der Waals surface area contributed by atoms with Crippen LogP contribution in [0.1, 0.15) is 44.6 Å². The lowest BCUT2D eigenvalue weighted by molar-refractivity contribution is -0.0207. The first-order valence-corrected chi connectivity index (χ1v) is 6.64. The van der Waals surface area contributed by atoms with Gasteiger partial charge in [0.05, 0.1) is 11.7 Å². The molecule has 3 heteroatoms. The Balaban J connectivity index is 2.05. The van der Waals surface area contributed by atoms with Crippen molar-refractivity contribution >= 4 is 0 Å². The van der Waals surface area contributed by atoms with E-state index in [0.29, 0.717) is 12.1 Å². The smallest absolute Gasteiger partial charge is 0.126 e. The molecule has 18 heavy (non-hydrogen) atoms. The summed E-state index contributed by atoms with van der Waals surface area (Å²) in [6.07, 6.45) is 3.11. The molecule has 1 aliphatic rings. The quantitative estimate of drug-likeness (QED) is 0.891. The molecule has 2 nitrogen and oxygen atoms in total. The van der Waals surface area contributed by atoms with Crippen LogP contribution < -0.4 is 5.73 Å². The second-order valence-corrected chi connectivity index (χ2v) is 5.73. The topological polar surface area (TPSA) is 35.2 Å². The van der Waals surface area contributed by atoms with E-state index in [9.17, 15) is 4.39 Å². The molecule has 0 spiro atoms. The Kier molecular flexibility index (Phi) is 4.03. The van der Waals surface area contributed by atoms with Crippen LogP contribution in [0.2, 0.25) is 0 Å². The number of benzene rings is 1. The maximum absolute atomic E-state index is 13.8. The van der Waals surface area contributed by atoms with Gasteiger partial charge in [-0.2, -0.15) is 0 Å². The molecule has 1 fully saturated rings. The van der Waals surface area contributed by atoms with E-state index >= 15 is 0 Å². The molecule has 2 atom stereocenters. The van der Waals surface area contributed by atoms with Gasteiger partial charge in [-0.3, -0.25) is 0 Å². The molecule has 1 aromatic rings. The lowest BCUT2D eigenvalue weighted by atomic mass is 9.91. The summed E-state index contributed by atoms with van der Waals surface area (Å²) >= 11 is 0. The summed E-state index contributed by atoms with van der Waals surface area (Å²) < 4.78 is 19.7. The van der Waals surface area contributed by atoms with Gasteiger partial charge in [-0.05, 0) is 51.3 Å². The molecular formula is C15H22FNO. The second-order valence-electron chi connectivity index (χ2n) is 5.73. The molecular weight excluding hydrogens is 229 g/mol. The highest BCUT2D eigenvalue weighted by molar-refractivity contribution is 5.22. The Bertz CT molecular complexity index is 405. The van der Waals surface area contributed by atoms with Gasteiger partial charge in [0.2, 0.25) is 0 Å². The fraction of sp³-hybridized carbons (Fsp3) is 0.600. The summed E-state index contributed by atoms with van der Waals surface area (Å²) in [5, 5.41) is 0. The van der Waals surface area contributed by atoms with Gasteiger partial charge in [0.1, 0.15) is 5.82 Å². The van der Waals surface area contributed by atoms with Crippen molar-refractivity contribution in [2.75, 3.05) is 6.54 Å². The van der Waals surface area contributed by atoms with E-state index in [4.69, 9.17) is 10.5 Å². The van der Waals surface area contributed by atoms with E-state index in [2.05, 4.69) is 13.8 Å². The molecule has 0 bridgehead atoms.